The average Bonchev–Trinajstić information content (AvgIpc) is 2.45. The summed E-state index contributed by atoms with van der Waals surface area (Å²) < 4.78 is 0. The van der Waals surface area contributed by atoms with Crippen LogP contribution in [0.15, 0.2) is 18.2 Å². The molecule has 0 aliphatic carbocycles. The highest BCUT2D eigenvalue weighted by Crippen LogP contribution is 2.41. The zero-order valence-electron chi connectivity index (χ0n) is 11.7. The first-order chi connectivity index (χ1) is 9.53. The number of nitrogens with two attached hydrogens (primary N) is 1. The van der Waals surface area contributed by atoms with Gasteiger partial charge in [0.05, 0.1) is 4.92 Å². The van der Waals surface area contributed by atoms with Crippen LogP contribution in [0.2, 0.25) is 0 Å². The number of para-hydroxylation sites is 1. The molecule has 6 nitrogen and oxygen atoms in total. The van der Waals surface area contributed by atoms with Gasteiger partial charge in [0.25, 0.3) is 0 Å². The van der Waals surface area contributed by atoms with Gasteiger partial charge in [-0.3, -0.25) is 10.1 Å². The predicted molar refractivity (Wildman–Crippen MR) is 78.9 cm³/mol. The zero-order chi connectivity index (χ0) is 14.3. The number of nitro groups is 1. The largest absolute Gasteiger partial charge is 0.393 e. The lowest BCUT2D eigenvalue weighted by molar-refractivity contribution is -0.383. The summed E-state index contributed by atoms with van der Waals surface area (Å²) in [5, 5.41) is 11.2. The topological polar surface area (TPSA) is 75.6 Å². The van der Waals surface area contributed by atoms with E-state index in [9.17, 15) is 10.1 Å². The minimum atomic E-state index is -0.371. The van der Waals surface area contributed by atoms with Gasteiger partial charge in [0.1, 0.15) is 11.4 Å². The van der Waals surface area contributed by atoms with Crippen LogP contribution in [-0.2, 0) is 0 Å². The monoisotopic (exact) mass is 276 g/mol. The van der Waals surface area contributed by atoms with Crippen molar-refractivity contribution in [1.82, 2.24) is 4.90 Å². The molecule has 0 saturated carbocycles. The molecular formula is C14H20N4O2. The Morgan fingerprint density at radius 2 is 1.90 bits per heavy atom. The Kier molecular flexibility index (Phi) is 3.05. The molecule has 6 heteroatoms. The molecule has 2 saturated heterocycles. The maximum absolute atomic E-state index is 11.2. The third kappa shape index (κ3) is 1.91. The van der Waals surface area contributed by atoms with Crippen molar-refractivity contribution in [3.05, 3.63) is 28.3 Å². The van der Waals surface area contributed by atoms with Gasteiger partial charge in [0.15, 0.2) is 0 Å². The third-order valence-electron chi connectivity index (χ3n) is 4.99. The number of benzene rings is 1. The molecule has 108 valence electrons. The van der Waals surface area contributed by atoms with Crippen LogP contribution in [0.4, 0.5) is 17.1 Å². The lowest BCUT2D eigenvalue weighted by Crippen LogP contribution is -2.62. The van der Waals surface area contributed by atoms with Gasteiger partial charge in [-0.25, -0.2) is 0 Å². The highest BCUT2D eigenvalue weighted by Gasteiger charge is 2.44. The summed E-state index contributed by atoms with van der Waals surface area (Å²) in [5.74, 6) is 0. The summed E-state index contributed by atoms with van der Waals surface area (Å²) in [7, 11) is 2.17. The first-order valence-electron chi connectivity index (χ1n) is 7.03. The van der Waals surface area contributed by atoms with Crippen molar-refractivity contribution in [3.8, 4) is 0 Å². The van der Waals surface area contributed by atoms with Crippen molar-refractivity contribution in [2.75, 3.05) is 37.3 Å². The Morgan fingerprint density at radius 3 is 2.40 bits per heavy atom. The summed E-state index contributed by atoms with van der Waals surface area (Å²) in [5.41, 5.74) is 7.05. The number of nitrogen functional groups attached to an aromatic ring is 1. The van der Waals surface area contributed by atoms with Crippen molar-refractivity contribution in [3.63, 3.8) is 0 Å². The molecule has 0 radical (unpaired) electrons. The molecule has 2 fully saturated rings. The smallest absolute Gasteiger partial charge is 0.315 e. The van der Waals surface area contributed by atoms with Gasteiger partial charge < -0.3 is 15.5 Å². The first-order valence-corrected chi connectivity index (χ1v) is 7.03. The molecule has 1 spiro atoms. The predicted octanol–water partition coefficient (Wildman–Crippen LogP) is 1.85. The Hall–Kier alpha value is -1.82. The molecule has 1 aromatic carbocycles. The standard InChI is InChI=1S/C14H20N4O2/c1-16-8-5-14(16)6-9-17(10-7-14)12-4-2-3-11(15)13(12)18(19)20/h2-4H,5-10,15H2,1H3. The zero-order valence-corrected chi connectivity index (χ0v) is 11.7. The molecule has 0 bridgehead atoms. The van der Waals surface area contributed by atoms with E-state index in [0.29, 0.717) is 11.2 Å². The van der Waals surface area contributed by atoms with Crippen molar-refractivity contribution >= 4 is 17.1 Å². The molecule has 2 heterocycles. The van der Waals surface area contributed by atoms with Crippen molar-refractivity contribution in [1.29, 1.82) is 0 Å². The minimum absolute atomic E-state index is 0.0467. The van der Waals surface area contributed by atoms with Gasteiger partial charge in [-0.05, 0) is 38.4 Å². The molecule has 20 heavy (non-hydrogen) atoms. The van der Waals surface area contributed by atoms with Crippen LogP contribution in [0.3, 0.4) is 0 Å². The molecule has 2 aliphatic rings. The summed E-state index contributed by atoms with van der Waals surface area (Å²) in [6, 6.07) is 5.18. The van der Waals surface area contributed by atoms with Gasteiger partial charge >= 0.3 is 5.69 Å². The maximum Gasteiger partial charge on any atom is 0.315 e. The van der Waals surface area contributed by atoms with Crippen LogP contribution < -0.4 is 10.6 Å². The van der Waals surface area contributed by atoms with E-state index in [1.54, 1.807) is 18.2 Å². The number of nitro benzene ring substituents is 1. The summed E-state index contributed by atoms with van der Waals surface area (Å²) in [6.07, 6.45) is 3.38. The van der Waals surface area contributed by atoms with Crippen molar-refractivity contribution < 1.29 is 4.92 Å². The second kappa shape index (κ2) is 4.63. The molecule has 2 N–H and O–H groups in total. The van der Waals surface area contributed by atoms with Gasteiger partial charge in [0.2, 0.25) is 0 Å². The summed E-state index contributed by atoms with van der Waals surface area (Å²) >= 11 is 0. The minimum Gasteiger partial charge on any atom is -0.393 e. The Bertz CT molecular complexity index is 538. The molecule has 3 rings (SSSR count). The van der Waals surface area contributed by atoms with E-state index in [0.717, 1.165) is 25.9 Å². The normalized spacial score (nSPS) is 21.8. The lowest BCUT2D eigenvalue weighted by atomic mass is 9.77. The second-order valence-corrected chi connectivity index (χ2v) is 5.86. The fourth-order valence-electron chi connectivity index (χ4n) is 3.45. The van der Waals surface area contributed by atoms with Gasteiger partial charge in [-0.15, -0.1) is 0 Å². The van der Waals surface area contributed by atoms with Crippen LogP contribution in [0.5, 0.6) is 0 Å². The maximum atomic E-state index is 11.2. The number of anilines is 2. The number of likely N-dealkylation sites (tertiary alicyclic amines) is 1. The Labute approximate surface area is 118 Å². The van der Waals surface area contributed by atoms with Crippen LogP contribution >= 0.6 is 0 Å². The first kappa shape index (κ1) is 13.2. The molecule has 0 amide bonds. The van der Waals surface area contributed by atoms with Gasteiger partial charge in [-0.2, -0.15) is 0 Å². The van der Waals surface area contributed by atoms with Crippen LogP contribution in [0.1, 0.15) is 19.3 Å². The molecule has 0 unspecified atom stereocenters. The highest BCUT2D eigenvalue weighted by atomic mass is 16.6. The number of hydrogen-bond acceptors (Lipinski definition) is 5. The molecule has 1 aromatic rings. The SMILES string of the molecule is CN1CCC12CCN(c1cccc(N)c1[N+](=O)[O-])CC2. The molecule has 0 aromatic heterocycles. The van der Waals surface area contributed by atoms with Crippen molar-refractivity contribution in [2.45, 2.75) is 24.8 Å². The Morgan fingerprint density at radius 1 is 1.25 bits per heavy atom. The quantitative estimate of drug-likeness (QED) is 0.507. The van der Waals surface area contributed by atoms with Gasteiger partial charge in [-0.1, -0.05) is 6.07 Å². The van der Waals surface area contributed by atoms with Gasteiger partial charge in [0, 0.05) is 25.2 Å². The fourth-order valence-corrected chi connectivity index (χ4v) is 3.45. The van der Waals surface area contributed by atoms with E-state index >= 15 is 0 Å². The number of rotatable bonds is 2. The molecule has 0 atom stereocenters. The van der Waals surface area contributed by atoms with E-state index in [1.165, 1.54) is 13.0 Å². The van der Waals surface area contributed by atoms with E-state index in [4.69, 9.17) is 5.73 Å². The second-order valence-electron chi connectivity index (χ2n) is 5.86. The van der Waals surface area contributed by atoms with E-state index < -0.39 is 0 Å². The van der Waals surface area contributed by atoms with E-state index in [1.807, 2.05) is 0 Å². The number of nitrogens with zero attached hydrogens (tertiary/aromatic N) is 3. The Balaban J connectivity index is 1.82. The summed E-state index contributed by atoms with van der Waals surface area (Å²) in [6.45, 7) is 2.88. The number of hydrogen-bond donors (Lipinski definition) is 1. The lowest BCUT2D eigenvalue weighted by Gasteiger charge is -2.55. The number of piperidine rings is 1. The van der Waals surface area contributed by atoms with Crippen LogP contribution in [0.25, 0.3) is 0 Å². The van der Waals surface area contributed by atoms with Crippen LogP contribution in [0, 0.1) is 10.1 Å². The average molecular weight is 276 g/mol. The van der Waals surface area contributed by atoms with E-state index in [2.05, 4.69) is 16.8 Å². The summed E-state index contributed by atoms with van der Waals surface area (Å²) in [4.78, 5) is 15.4. The van der Waals surface area contributed by atoms with Crippen molar-refractivity contribution in [2.24, 2.45) is 0 Å². The van der Waals surface area contributed by atoms with Crippen LogP contribution in [-0.4, -0.2) is 42.0 Å². The molecular weight excluding hydrogens is 256 g/mol. The molecule has 2 aliphatic heterocycles. The highest BCUT2D eigenvalue weighted by molar-refractivity contribution is 5.75. The third-order valence-corrected chi connectivity index (χ3v) is 4.99. The fraction of sp³-hybridized carbons (Fsp3) is 0.571. The van der Waals surface area contributed by atoms with E-state index in [-0.39, 0.29) is 16.3 Å².